The number of fused-ring (bicyclic) bond motifs is 2. The number of nitrogens with zero attached hydrogens (tertiary/aromatic N) is 5. The van der Waals surface area contributed by atoms with Crippen molar-refractivity contribution in [3.63, 3.8) is 0 Å². The van der Waals surface area contributed by atoms with Gasteiger partial charge >= 0.3 is 16.4 Å². The van der Waals surface area contributed by atoms with Crippen molar-refractivity contribution in [1.82, 2.24) is 25.1 Å². The summed E-state index contributed by atoms with van der Waals surface area (Å²) >= 11 is 1.38. The summed E-state index contributed by atoms with van der Waals surface area (Å²) in [4.78, 5) is 17.9. The molecule has 0 aliphatic carbocycles. The van der Waals surface area contributed by atoms with Crippen LogP contribution in [-0.2, 0) is 14.7 Å². The van der Waals surface area contributed by atoms with Crippen LogP contribution >= 0.6 is 11.3 Å². The number of hydrogen-bond donors (Lipinski definition) is 1. The molecule has 1 N–H and O–H groups in total. The summed E-state index contributed by atoms with van der Waals surface area (Å²) in [5, 5.41) is 10.5. The number of amides is 2. The first-order valence-electron chi connectivity index (χ1n) is 7.43. The van der Waals surface area contributed by atoms with Gasteiger partial charge in [0.2, 0.25) is 0 Å². The number of hydroxylamine groups is 2. The second-order valence-corrected chi connectivity index (χ2v) is 7.70. The van der Waals surface area contributed by atoms with Crippen LogP contribution in [0.15, 0.2) is 24.5 Å². The first-order valence-corrected chi connectivity index (χ1v) is 9.61. The fraction of sp³-hybridized carbons (Fsp3) is 0.385. The van der Waals surface area contributed by atoms with Gasteiger partial charge in [0.05, 0.1) is 12.1 Å². The molecule has 0 saturated carbocycles. The van der Waals surface area contributed by atoms with E-state index in [2.05, 4.69) is 19.5 Å². The summed E-state index contributed by atoms with van der Waals surface area (Å²) in [7, 11) is -4.75. The Morgan fingerprint density at radius 1 is 1.24 bits per heavy atom. The summed E-state index contributed by atoms with van der Waals surface area (Å²) in [6.45, 7) is 0.309. The first-order chi connectivity index (χ1) is 11.9. The van der Waals surface area contributed by atoms with Crippen LogP contribution in [0.2, 0.25) is 0 Å². The number of pyridine rings is 1. The van der Waals surface area contributed by atoms with E-state index in [-0.39, 0.29) is 6.04 Å². The predicted molar refractivity (Wildman–Crippen MR) is 85.5 cm³/mol. The fourth-order valence-electron chi connectivity index (χ4n) is 3.07. The van der Waals surface area contributed by atoms with Crippen LogP contribution in [-0.4, -0.2) is 56.7 Å². The van der Waals surface area contributed by atoms with Gasteiger partial charge in [0.25, 0.3) is 0 Å². The average Bonchev–Trinajstić information content (AvgIpc) is 3.16. The van der Waals surface area contributed by atoms with E-state index in [0.29, 0.717) is 24.4 Å². The zero-order valence-electron chi connectivity index (χ0n) is 12.7. The Hall–Kier alpha value is -2.15. The SMILES string of the molecule is O=C1N2CC(CCC2c2nnc(-c3ccncc3)s2)N1OS(=O)(=O)O. The lowest BCUT2D eigenvalue weighted by molar-refractivity contribution is -0.0317. The van der Waals surface area contributed by atoms with Crippen molar-refractivity contribution in [2.24, 2.45) is 0 Å². The van der Waals surface area contributed by atoms with E-state index < -0.39 is 22.5 Å². The van der Waals surface area contributed by atoms with Gasteiger partial charge in [-0.1, -0.05) is 11.3 Å². The maximum Gasteiger partial charge on any atom is 0.418 e. The van der Waals surface area contributed by atoms with E-state index in [1.807, 2.05) is 12.1 Å². The molecule has 2 bridgehead atoms. The van der Waals surface area contributed by atoms with Crippen LogP contribution in [0.5, 0.6) is 0 Å². The van der Waals surface area contributed by atoms with Gasteiger partial charge < -0.3 is 4.90 Å². The number of aromatic nitrogens is 3. The number of hydrogen-bond acceptors (Lipinski definition) is 8. The highest BCUT2D eigenvalue weighted by Gasteiger charge is 2.48. The molecule has 2 fully saturated rings. The molecule has 2 aromatic heterocycles. The van der Waals surface area contributed by atoms with E-state index in [1.165, 1.54) is 16.2 Å². The second-order valence-electron chi connectivity index (χ2n) is 5.69. The maximum absolute atomic E-state index is 12.4. The molecule has 2 saturated heterocycles. The highest BCUT2D eigenvalue weighted by molar-refractivity contribution is 7.80. The molecule has 4 rings (SSSR count). The van der Waals surface area contributed by atoms with Crippen LogP contribution in [0.3, 0.4) is 0 Å². The van der Waals surface area contributed by atoms with Gasteiger partial charge in [-0.15, -0.1) is 14.5 Å². The third-order valence-corrected chi connectivity index (χ3v) is 5.57. The molecule has 0 aromatic carbocycles. The molecule has 2 atom stereocenters. The minimum Gasteiger partial charge on any atom is -0.311 e. The predicted octanol–water partition coefficient (Wildman–Crippen LogP) is 1.28. The van der Waals surface area contributed by atoms with Gasteiger partial charge in [0, 0.05) is 24.5 Å². The summed E-state index contributed by atoms with van der Waals surface area (Å²) in [5.41, 5.74) is 0.886. The third kappa shape index (κ3) is 3.08. The van der Waals surface area contributed by atoms with Gasteiger partial charge in [-0.05, 0) is 25.0 Å². The lowest BCUT2D eigenvalue weighted by Crippen LogP contribution is -2.35. The molecule has 2 unspecified atom stereocenters. The Kier molecular flexibility index (Phi) is 3.91. The lowest BCUT2D eigenvalue weighted by Gasteiger charge is -2.28. The van der Waals surface area contributed by atoms with Gasteiger partial charge in [-0.25, -0.2) is 4.79 Å². The Labute approximate surface area is 147 Å². The highest BCUT2D eigenvalue weighted by atomic mass is 32.3. The Bertz CT molecular complexity index is 903. The van der Waals surface area contributed by atoms with Crippen molar-refractivity contribution in [3.05, 3.63) is 29.5 Å². The Morgan fingerprint density at radius 2 is 2.00 bits per heavy atom. The topological polar surface area (TPSA) is 126 Å². The van der Waals surface area contributed by atoms with Crippen LogP contribution in [0.4, 0.5) is 4.79 Å². The number of piperidine rings is 1. The summed E-state index contributed by atoms with van der Waals surface area (Å²) in [5.74, 6) is 0. The van der Waals surface area contributed by atoms with Crippen LogP contribution in [0, 0.1) is 0 Å². The molecule has 2 aliphatic heterocycles. The number of urea groups is 1. The molecule has 0 radical (unpaired) electrons. The van der Waals surface area contributed by atoms with Crippen LogP contribution in [0.25, 0.3) is 10.6 Å². The normalized spacial score (nSPS) is 23.3. The lowest BCUT2D eigenvalue weighted by atomic mass is 10.0. The van der Waals surface area contributed by atoms with Crippen LogP contribution < -0.4 is 0 Å². The van der Waals surface area contributed by atoms with Crippen molar-refractivity contribution in [2.45, 2.75) is 24.9 Å². The maximum atomic E-state index is 12.4. The molecule has 132 valence electrons. The van der Waals surface area contributed by atoms with Crippen molar-refractivity contribution in [3.8, 4) is 10.6 Å². The van der Waals surface area contributed by atoms with Crippen molar-refractivity contribution in [2.75, 3.05) is 6.54 Å². The largest absolute Gasteiger partial charge is 0.418 e. The van der Waals surface area contributed by atoms with Crippen molar-refractivity contribution < 1.29 is 22.0 Å². The third-order valence-electron chi connectivity index (χ3n) is 4.15. The number of rotatable bonds is 4. The second kappa shape index (κ2) is 5.98. The Balaban J connectivity index is 1.57. The summed E-state index contributed by atoms with van der Waals surface area (Å²) < 4.78 is 35.1. The molecular formula is C13H13N5O5S2. The number of carbonyl (C=O) groups excluding carboxylic acids is 1. The molecule has 25 heavy (non-hydrogen) atoms. The van der Waals surface area contributed by atoms with Crippen LogP contribution in [0.1, 0.15) is 23.9 Å². The quantitative estimate of drug-likeness (QED) is 0.783. The first kappa shape index (κ1) is 16.3. The van der Waals surface area contributed by atoms with E-state index >= 15 is 0 Å². The monoisotopic (exact) mass is 383 g/mol. The fourth-order valence-corrected chi connectivity index (χ4v) is 4.45. The molecule has 10 nitrogen and oxygen atoms in total. The van der Waals surface area contributed by atoms with Gasteiger partial charge in [0.15, 0.2) is 0 Å². The smallest absolute Gasteiger partial charge is 0.311 e. The van der Waals surface area contributed by atoms with E-state index in [0.717, 1.165) is 15.6 Å². The summed E-state index contributed by atoms with van der Waals surface area (Å²) in [6.07, 6.45) is 4.46. The highest BCUT2D eigenvalue weighted by Crippen LogP contribution is 2.40. The van der Waals surface area contributed by atoms with Gasteiger partial charge in [0.1, 0.15) is 10.0 Å². The molecular weight excluding hydrogens is 370 g/mol. The molecule has 2 aromatic rings. The minimum atomic E-state index is -4.75. The molecule has 0 spiro atoms. The standard InChI is InChI=1S/C13H13N5O5S2/c19-13-17-7-9(18(13)23-25(20,21)22)1-2-10(17)12-16-15-11(24-12)8-3-5-14-6-4-8/h3-6,9-10H,1-2,7H2,(H,20,21,22). The Morgan fingerprint density at radius 3 is 2.72 bits per heavy atom. The molecule has 2 amide bonds. The minimum absolute atomic E-state index is 0.299. The average molecular weight is 383 g/mol. The van der Waals surface area contributed by atoms with Crippen molar-refractivity contribution in [1.29, 1.82) is 0 Å². The van der Waals surface area contributed by atoms with Gasteiger partial charge in [-0.2, -0.15) is 13.5 Å². The van der Waals surface area contributed by atoms with Gasteiger partial charge in [-0.3, -0.25) is 9.54 Å². The number of carbonyl (C=O) groups is 1. The van der Waals surface area contributed by atoms with Crippen molar-refractivity contribution >= 4 is 27.8 Å². The molecule has 2 aliphatic rings. The van der Waals surface area contributed by atoms with E-state index in [4.69, 9.17) is 4.55 Å². The summed E-state index contributed by atoms with van der Waals surface area (Å²) in [6, 6.07) is 2.32. The zero-order chi connectivity index (χ0) is 17.6. The molecule has 4 heterocycles. The van der Waals surface area contributed by atoms with E-state index in [9.17, 15) is 13.2 Å². The molecule has 12 heteroatoms. The van der Waals surface area contributed by atoms with E-state index in [1.54, 1.807) is 12.4 Å². The zero-order valence-corrected chi connectivity index (χ0v) is 14.4.